The van der Waals surface area contributed by atoms with Gasteiger partial charge in [-0.15, -0.1) is 0 Å². The summed E-state index contributed by atoms with van der Waals surface area (Å²) in [4.78, 5) is 6.84. The van der Waals surface area contributed by atoms with Crippen LogP contribution in [0.1, 0.15) is 11.3 Å². The van der Waals surface area contributed by atoms with Crippen molar-refractivity contribution in [2.75, 3.05) is 14.2 Å². The molecule has 90 valence electrons. The van der Waals surface area contributed by atoms with Crippen LogP contribution in [0.25, 0.3) is 0 Å². The van der Waals surface area contributed by atoms with E-state index in [1.807, 2.05) is 0 Å². The van der Waals surface area contributed by atoms with Gasteiger partial charge in [-0.1, -0.05) is 0 Å². The first-order valence-corrected chi connectivity index (χ1v) is 4.20. The first-order valence-electron chi connectivity index (χ1n) is 4.20. The van der Waals surface area contributed by atoms with Gasteiger partial charge in [0.2, 0.25) is 5.88 Å². The number of halogens is 3. The molecule has 0 radical (unpaired) electrons. The lowest BCUT2D eigenvalue weighted by molar-refractivity contribution is -0.142. The van der Waals surface area contributed by atoms with E-state index in [4.69, 9.17) is 10.5 Å². The van der Waals surface area contributed by atoms with Crippen molar-refractivity contribution in [2.45, 2.75) is 12.7 Å². The molecule has 0 bridgehead atoms. The van der Waals surface area contributed by atoms with E-state index in [-0.39, 0.29) is 18.0 Å². The van der Waals surface area contributed by atoms with Crippen LogP contribution in [0.5, 0.6) is 11.9 Å². The molecular weight excluding hydrogens is 227 g/mol. The average molecular weight is 237 g/mol. The van der Waals surface area contributed by atoms with Crippen molar-refractivity contribution in [2.24, 2.45) is 5.73 Å². The second-order valence-electron chi connectivity index (χ2n) is 2.75. The molecule has 0 aliphatic carbocycles. The second-order valence-corrected chi connectivity index (χ2v) is 2.75. The number of methoxy groups -OCH3 is 2. The third-order valence-electron chi connectivity index (χ3n) is 1.80. The number of hydrogen-bond acceptors (Lipinski definition) is 5. The fourth-order valence-corrected chi connectivity index (χ4v) is 1.12. The summed E-state index contributed by atoms with van der Waals surface area (Å²) in [6.45, 7) is -0.373. The smallest absolute Gasteiger partial charge is 0.434 e. The van der Waals surface area contributed by atoms with Gasteiger partial charge in [0.1, 0.15) is 0 Å². The highest BCUT2D eigenvalue weighted by Crippen LogP contribution is 2.34. The summed E-state index contributed by atoms with van der Waals surface area (Å²) in [6.07, 6.45) is -4.63. The zero-order valence-electron chi connectivity index (χ0n) is 8.63. The molecule has 1 heterocycles. The second kappa shape index (κ2) is 4.52. The molecule has 1 rings (SSSR count). The Hall–Kier alpha value is -1.57. The maximum absolute atomic E-state index is 12.6. The molecule has 0 saturated carbocycles. The Morgan fingerprint density at radius 1 is 1.19 bits per heavy atom. The Bertz CT molecular complexity index is 382. The Balaban J connectivity index is 3.43. The van der Waals surface area contributed by atoms with Gasteiger partial charge < -0.3 is 15.2 Å². The number of nitrogens with two attached hydrogens (primary N) is 1. The summed E-state index contributed by atoms with van der Waals surface area (Å²) in [5, 5.41) is 0. The van der Waals surface area contributed by atoms with Crippen molar-refractivity contribution < 1.29 is 22.6 Å². The van der Waals surface area contributed by atoms with Crippen molar-refractivity contribution in [1.82, 2.24) is 9.97 Å². The number of rotatable bonds is 3. The molecule has 1 aromatic heterocycles. The summed E-state index contributed by atoms with van der Waals surface area (Å²) in [5.74, 6) is -0.235. The largest absolute Gasteiger partial charge is 0.481 e. The highest BCUT2D eigenvalue weighted by molar-refractivity contribution is 5.33. The van der Waals surface area contributed by atoms with E-state index in [0.29, 0.717) is 0 Å². The molecule has 8 heteroatoms. The van der Waals surface area contributed by atoms with Gasteiger partial charge >= 0.3 is 12.2 Å². The maximum Gasteiger partial charge on any atom is 0.434 e. The molecule has 0 fully saturated rings. The summed E-state index contributed by atoms with van der Waals surface area (Å²) < 4.78 is 47.1. The van der Waals surface area contributed by atoms with Gasteiger partial charge in [0.05, 0.1) is 19.8 Å². The van der Waals surface area contributed by atoms with Gasteiger partial charge in [-0.3, -0.25) is 0 Å². The van der Waals surface area contributed by atoms with Crippen LogP contribution in [0.4, 0.5) is 13.2 Å². The molecule has 1 aromatic rings. The van der Waals surface area contributed by atoms with Crippen LogP contribution >= 0.6 is 0 Å². The van der Waals surface area contributed by atoms with E-state index in [1.54, 1.807) is 0 Å². The standard InChI is InChI=1S/C8H10F3N3O2/c1-15-6-4(3-12)5(8(9,10)11)13-7(14-6)16-2/h3,12H2,1-2H3. The van der Waals surface area contributed by atoms with Gasteiger partial charge in [0.25, 0.3) is 0 Å². The highest BCUT2D eigenvalue weighted by Gasteiger charge is 2.37. The van der Waals surface area contributed by atoms with Gasteiger partial charge in [-0.05, 0) is 0 Å². The summed E-state index contributed by atoms with van der Waals surface area (Å²) in [7, 11) is 2.36. The Morgan fingerprint density at radius 2 is 1.81 bits per heavy atom. The summed E-state index contributed by atoms with van der Waals surface area (Å²) in [6, 6.07) is -0.415. The average Bonchev–Trinajstić information content (AvgIpc) is 2.25. The number of alkyl halides is 3. The number of nitrogens with zero attached hydrogens (tertiary/aromatic N) is 2. The normalized spacial score (nSPS) is 11.4. The molecule has 0 atom stereocenters. The minimum Gasteiger partial charge on any atom is -0.481 e. The van der Waals surface area contributed by atoms with Crippen molar-refractivity contribution >= 4 is 0 Å². The predicted octanol–water partition coefficient (Wildman–Crippen LogP) is 0.971. The fourth-order valence-electron chi connectivity index (χ4n) is 1.12. The van der Waals surface area contributed by atoms with E-state index in [0.717, 1.165) is 7.11 Å². The lowest BCUT2D eigenvalue weighted by Gasteiger charge is -2.14. The Morgan fingerprint density at radius 3 is 2.19 bits per heavy atom. The molecule has 5 nitrogen and oxygen atoms in total. The fraction of sp³-hybridized carbons (Fsp3) is 0.500. The zero-order chi connectivity index (χ0) is 12.3. The molecule has 0 amide bonds. The van der Waals surface area contributed by atoms with E-state index in [2.05, 4.69) is 14.7 Å². The molecule has 0 spiro atoms. The lowest BCUT2D eigenvalue weighted by atomic mass is 10.2. The van der Waals surface area contributed by atoms with Crippen molar-refractivity contribution in [3.63, 3.8) is 0 Å². The van der Waals surface area contributed by atoms with Crippen LogP contribution in [0.2, 0.25) is 0 Å². The highest BCUT2D eigenvalue weighted by atomic mass is 19.4. The number of ether oxygens (including phenoxy) is 2. The summed E-state index contributed by atoms with van der Waals surface area (Å²) >= 11 is 0. The van der Waals surface area contributed by atoms with Crippen LogP contribution in [0.3, 0.4) is 0 Å². The van der Waals surface area contributed by atoms with Crippen LogP contribution in [0, 0.1) is 0 Å². The number of aromatic nitrogens is 2. The van der Waals surface area contributed by atoms with Gasteiger partial charge in [0.15, 0.2) is 5.69 Å². The molecule has 0 aliphatic heterocycles. The minimum absolute atomic E-state index is 0.235. The van der Waals surface area contributed by atoms with Crippen molar-refractivity contribution in [3.8, 4) is 11.9 Å². The molecule has 0 aliphatic rings. The molecule has 0 unspecified atom stereocenters. The van der Waals surface area contributed by atoms with Crippen LogP contribution in [-0.2, 0) is 12.7 Å². The van der Waals surface area contributed by atoms with Crippen LogP contribution < -0.4 is 15.2 Å². The van der Waals surface area contributed by atoms with E-state index in [1.165, 1.54) is 7.11 Å². The Kier molecular flexibility index (Phi) is 3.53. The van der Waals surface area contributed by atoms with E-state index >= 15 is 0 Å². The van der Waals surface area contributed by atoms with Gasteiger partial charge in [-0.2, -0.15) is 23.1 Å². The molecule has 2 N–H and O–H groups in total. The van der Waals surface area contributed by atoms with Gasteiger partial charge in [-0.25, -0.2) is 0 Å². The first kappa shape index (κ1) is 12.5. The zero-order valence-corrected chi connectivity index (χ0v) is 8.63. The molecule has 0 saturated heterocycles. The third kappa shape index (κ3) is 2.32. The quantitative estimate of drug-likeness (QED) is 0.848. The Labute approximate surface area is 89.4 Å². The van der Waals surface area contributed by atoms with Crippen LogP contribution in [-0.4, -0.2) is 24.2 Å². The summed E-state index contributed by atoms with van der Waals surface area (Å²) in [5.41, 5.74) is 3.78. The van der Waals surface area contributed by atoms with Crippen molar-refractivity contribution in [3.05, 3.63) is 11.3 Å². The molecule has 0 aromatic carbocycles. The van der Waals surface area contributed by atoms with Crippen molar-refractivity contribution in [1.29, 1.82) is 0 Å². The SMILES string of the molecule is COc1nc(OC)c(CN)c(C(F)(F)F)n1. The van der Waals surface area contributed by atoms with Crippen LogP contribution in [0.15, 0.2) is 0 Å². The molecule has 16 heavy (non-hydrogen) atoms. The molecular formula is C8H10F3N3O2. The number of hydrogen-bond donors (Lipinski definition) is 1. The van der Waals surface area contributed by atoms with E-state index < -0.39 is 17.9 Å². The van der Waals surface area contributed by atoms with E-state index in [9.17, 15) is 13.2 Å². The minimum atomic E-state index is -4.63. The third-order valence-corrected chi connectivity index (χ3v) is 1.80. The monoisotopic (exact) mass is 237 g/mol. The topological polar surface area (TPSA) is 70.3 Å². The maximum atomic E-state index is 12.6. The van der Waals surface area contributed by atoms with Gasteiger partial charge in [0, 0.05) is 6.54 Å². The predicted molar refractivity (Wildman–Crippen MR) is 48.0 cm³/mol. The first-order chi connectivity index (χ1) is 7.43. The lowest BCUT2D eigenvalue weighted by Crippen LogP contribution is -2.17.